The van der Waals surface area contributed by atoms with Crippen molar-refractivity contribution in [3.63, 3.8) is 0 Å². The van der Waals surface area contributed by atoms with Gasteiger partial charge in [0.2, 0.25) is 0 Å². The second-order valence-corrected chi connectivity index (χ2v) is 4.03. The van der Waals surface area contributed by atoms with Crippen LogP contribution in [0.5, 0.6) is 0 Å². The van der Waals surface area contributed by atoms with Gasteiger partial charge >= 0.3 is 43.6 Å². The minimum absolute atomic E-state index is 0. The molecule has 41 heavy (non-hydrogen) atoms. The van der Waals surface area contributed by atoms with Gasteiger partial charge < -0.3 is 131 Å². The van der Waals surface area contributed by atoms with Crippen molar-refractivity contribution in [3.8, 4) is 0 Å². The van der Waals surface area contributed by atoms with Gasteiger partial charge in [-0.25, -0.2) is 0 Å². The molecule has 27 heteroatoms. The molecule has 0 aromatic carbocycles. The van der Waals surface area contributed by atoms with Crippen LogP contribution in [0.2, 0.25) is 0 Å². The maximum absolute atomic E-state index is 9.13. The van der Waals surface area contributed by atoms with Crippen molar-refractivity contribution in [1.82, 2.24) is 0 Å². The minimum Gasteiger partial charge on any atom is -0.549 e. The average Bonchev–Trinajstić information content (AvgIpc) is 2.80. The van der Waals surface area contributed by atoms with E-state index in [2.05, 4.69) is 40.1 Å². The number of hydrogen-bond donors (Lipinski definition) is 7. The first-order valence-electron chi connectivity index (χ1n) is 8.19. The van der Waals surface area contributed by atoms with Gasteiger partial charge in [-0.15, -0.1) is 0 Å². The smallest absolute Gasteiger partial charge is 0.549 e. The van der Waals surface area contributed by atoms with E-state index >= 15 is 0 Å². The quantitative estimate of drug-likeness (QED) is 0.121. The summed E-state index contributed by atoms with van der Waals surface area (Å²) >= 11 is 0. The SMILES string of the molecule is NCC(=O)[O-].NCC(=O)[O-].NCC(=O)[O-].NCC(=O)[O-].NCC(=O)[O-].NCC(=O)[O-].NCC(=O)[O-].O.O.O.O.[Al+3].[Zr+4]. The van der Waals surface area contributed by atoms with Crippen molar-refractivity contribution in [3.05, 3.63) is 0 Å². The van der Waals surface area contributed by atoms with Crippen molar-refractivity contribution in [2.45, 2.75) is 0 Å². The zero-order chi connectivity index (χ0) is 30.0. The normalized spacial score (nSPS) is 6.32. The molecule has 0 unspecified atom stereocenters. The van der Waals surface area contributed by atoms with E-state index in [1.54, 1.807) is 0 Å². The van der Waals surface area contributed by atoms with Crippen molar-refractivity contribution >= 4 is 59.1 Å². The molecule has 0 fully saturated rings. The molecule has 0 aromatic heterocycles. The summed E-state index contributed by atoms with van der Waals surface area (Å²) in [5.74, 6) is -8.52. The maximum Gasteiger partial charge on any atom is 4.00 e. The fraction of sp³-hybridized carbons (Fsp3) is 0.500. The van der Waals surface area contributed by atoms with Crippen molar-refractivity contribution in [2.75, 3.05) is 45.8 Å². The Morgan fingerprint density at radius 1 is 0.317 bits per heavy atom. The number of hydrogen-bond acceptors (Lipinski definition) is 21. The van der Waals surface area contributed by atoms with Crippen LogP contribution in [0.1, 0.15) is 0 Å². The molecule has 0 rings (SSSR count). The topological polar surface area (TPSA) is 589 Å². The van der Waals surface area contributed by atoms with Crippen LogP contribution in [0.3, 0.4) is 0 Å². The Hall–Kier alpha value is -2.73. The van der Waals surface area contributed by atoms with Crippen LogP contribution in [0, 0.1) is 0 Å². The van der Waals surface area contributed by atoms with E-state index in [1.807, 2.05) is 0 Å². The van der Waals surface area contributed by atoms with Gasteiger partial charge in [0.1, 0.15) is 0 Å². The van der Waals surface area contributed by atoms with Crippen molar-refractivity contribution in [2.24, 2.45) is 40.1 Å². The molecule has 0 heterocycles. The number of carboxylic acids is 7. The molecule has 0 atom stereocenters. The number of carbonyl (C=O) groups excluding carboxylic acids is 7. The number of rotatable bonds is 7. The Bertz CT molecular complexity index is 456. The first-order valence-corrected chi connectivity index (χ1v) is 8.19. The molecule has 0 aliphatic heterocycles. The van der Waals surface area contributed by atoms with E-state index in [0.29, 0.717) is 0 Å². The van der Waals surface area contributed by atoms with Crippen LogP contribution in [0.15, 0.2) is 0 Å². The molecule has 0 saturated carbocycles. The molecule has 25 nitrogen and oxygen atoms in total. The number of aliphatic carboxylic acids is 7. The summed E-state index contributed by atoms with van der Waals surface area (Å²) in [5.41, 5.74) is 31.6. The average molecular weight is 709 g/mol. The third kappa shape index (κ3) is 365. The molecule has 0 aromatic rings. The zero-order valence-electron chi connectivity index (χ0n) is 21.3. The van der Waals surface area contributed by atoms with Crippen molar-refractivity contribution < 1.29 is 117 Å². The minimum atomic E-state index is -1.22. The monoisotopic (exact) mass is 707 g/mol. The summed E-state index contributed by atoms with van der Waals surface area (Å²) < 4.78 is 0. The predicted molar refractivity (Wildman–Crippen MR) is 119 cm³/mol. The molecule has 0 aliphatic rings. The summed E-state index contributed by atoms with van der Waals surface area (Å²) in [6.45, 7) is -2.72. The fourth-order valence-corrected chi connectivity index (χ4v) is 0. The van der Waals surface area contributed by atoms with Gasteiger partial charge in [-0.05, 0) is 0 Å². The van der Waals surface area contributed by atoms with Crippen LogP contribution in [0.25, 0.3) is 0 Å². The van der Waals surface area contributed by atoms with Crippen LogP contribution in [-0.4, -0.2) is 127 Å². The van der Waals surface area contributed by atoms with Gasteiger partial charge in [-0.3, -0.25) is 0 Å². The van der Waals surface area contributed by atoms with E-state index in [0.717, 1.165) is 0 Å². The van der Waals surface area contributed by atoms with E-state index in [4.69, 9.17) is 69.3 Å². The Kier molecular flexibility index (Phi) is 156. The third-order valence-electron chi connectivity index (χ3n) is 1.17. The van der Waals surface area contributed by atoms with Gasteiger partial charge in [0, 0.05) is 45.8 Å². The largest absolute Gasteiger partial charge is 4.00 e. The molecule has 242 valence electrons. The molecule has 0 radical (unpaired) electrons. The fourth-order valence-electron chi connectivity index (χ4n) is 0. The molecule has 0 amide bonds. The zero-order valence-corrected chi connectivity index (χ0v) is 24.9. The van der Waals surface area contributed by atoms with Gasteiger partial charge in [-0.1, -0.05) is 0 Å². The summed E-state index contributed by atoms with van der Waals surface area (Å²) in [6.07, 6.45) is 0. The molecule has 22 N–H and O–H groups in total. The number of carbonyl (C=O) groups is 7. The summed E-state index contributed by atoms with van der Waals surface area (Å²) in [7, 11) is 0. The van der Waals surface area contributed by atoms with Gasteiger partial charge in [0.15, 0.2) is 0 Å². The molecule has 0 aliphatic carbocycles. The third-order valence-corrected chi connectivity index (χ3v) is 1.17. The van der Waals surface area contributed by atoms with Gasteiger partial charge in [0.25, 0.3) is 0 Å². The molecule has 0 spiro atoms. The Morgan fingerprint density at radius 2 is 0.341 bits per heavy atom. The van der Waals surface area contributed by atoms with Crippen LogP contribution < -0.4 is 75.9 Å². The number of carboxylic acid groups (broad SMARTS) is 7. The Balaban J connectivity index is -0.0000000198. The van der Waals surface area contributed by atoms with Crippen LogP contribution in [0.4, 0.5) is 0 Å². The van der Waals surface area contributed by atoms with Gasteiger partial charge in [0.05, 0.1) is 41.8 Å². The first kappa shape index (κ1) is 83.2. The maximum atomic E-state index is 9.13. The molecular formula is C14H36AlN7O18Zr. The first-order chi connectivity index (χ1) is 15.9. The summed E-state index contributed by atoms with van der Waals surface area (Å²) in [4.78, 5) is 63.9. The number of nitrogens with two attached hydrogens (primary N) is 7. The Labute approximate surface area is 262 Å². The molecular weight excluding hydrogens is 672 g/mol. The van der Waals surface area contributed by atoms with Crippen LogP contribution >= 0.6 is 0 Å². The second kappa shape index (κ2) is 76.8. The Morgan fingerprint density at radius 3 is 0.341 bits per heavy atom. The predicted octanol–water partition coefficient (Wildman–Crippen LogP) is -19.8. The standard InChI is InChI=1S/7C2H5NO2.Al.4H2O.Zr/c7*3-1-2(4)5;;;;;;/h7*1,3H2,(H,4,5);;4*1H2;/q;;;;;;;+3;;;;;+4/p-7. The van der Waals surface area contributed by atoms with Crippen molar-refractivity contribution in [1.29, 1.82) is 0 Å². The van der Waals surface area contributed by atoms with Crippen LogP contribution in [-0.2, 0) is 59.8 Å². The van der Waals surface area contributed by atoms with Gasteiger partial charge in [-0.2, -0.15) is 0 Å². The van der Waals surface area contributed by atoms with E-state index in [9.17, 15) is 0 Å². The van der Waals surface area contributed by atoms with E-state index in [1.165, 1.54) is 0 Å². The van der Waals surface area contributed by atoms with E-state index in [-0.39, 0.29) is 111 Å². The molecule has 0 bridgehead atoms. The molecule has 0 saturated heterocycles. The summed E-state index contributed by atoms with van der Waals surface area (Å²) in [5, 5.41) is 63.9. The van der Waals surface area contributed by atoms with E-state index < -0.39 is 41.8 Å². The second-order valence-electron chi connectivity index (χ2n) is 4.03. The summed E-state index contributed by atoms with van der Waals surface area (Å²) in [6, 6.07) is 0.